The summed E-state index contributed by atoms with van der Waals surface area (Å²) in [5.74, 6) is -2.99. The van der Waals surface area contributed by atoms with Gasteiger partial charge in [-0.3, -0.25) is 14.4 Å². The molecule has 4 rings (SSSR count). The van der Waals surface area contributed by atoms with E-state index in [0.717, 1.165) is 30.5 Å². The van der Waals surface area contributed by atoms with Crippen molar-refractivity contribution in [1.29, 1.82) is 0 Å². The van der Waals surface area contributed by atoms with Crippen LogP contribution in [0.4, 0.5) is 14.6 Å². The smallest absolute Gasteiger partial charge is 0.250 e. The Labute approximate surface area is 249 Å². The third kappa shape index (κ3) is 8.45. The molecule has 0 aliphatic carbocycles. The van der Waals surface area contributed by atoms with Gasteiger partial charge < -0.3 is 30.6 Å². The molecule has 0 radical (unpaired) electrons. The molecule has 1 aromatic heterocycles. The number of nitrogens with one attached hydrogen (secondary N) is 2. The molecule has 1 unspecified atom stereocenters. The number of nitrogens with two attached hydrogens (primary N) is 1. The van der Waals surface area contributed by atoms with Crippen molar-refractivity contribution < 1.29 is 27.9 Å². The number of aromatic nitrogens is 2. The lowest BCUT2D eigenvalue weighted by Gasteiger charge is -2.33. The van der Waals surface area contributed by atoms with Gasteiger partial charge in [0.2, 0.25) is 11.8 Å². The fourth-order valence-electron chi connectivity index (χ4n) is 4.68. The quantitative estimate of drug-likeness (QED) is 0.311. The van der Waals surface area contributed by atoms with Crippen molar-refractivity contribution >= 4 is 23.5 Å². The number of nitrogens with zero attached hydrogens (tertiary/aromatic N) is 3. The van der Waals surface area contributed by atoms with Crippen LogP contribution in [0.1, 0.15) is 50.8 Å². The summed E-state index contributed by atoms with van der Waals surface area (Å²) in [4.78, 5) is 45.5. The summed E-state index contributed by atoms with van der Waals surface area (Å²) in [5.41, 5.74) is 5.81. The first-order valence-electron chi connectivity index (χ1n) is 14.2. The predicted octanol–water partition coefficient (Wildman–Crippen LogP) is 3.39. The molecule has 0 spiro atoms. The molecule has 10 nitrogen and oxygen atoms in total. The van der Waals surface area contributed by atoms with Gasteiger partial charge in [-0.25, -0.2) is 13.8 Å². The lowest BCUT2D eigenvalue weighted by molar-refractivity contribution is -0.135. The van der Waals surface area contributed by atoms with Gasteiger partial charge in [-0.05, 0) is 55.9 Å². The van der Waals surface area contributed by atoms with Crippen molar-refractivity contribution in [3.63, 3.8) is 0 Å². The maximum atomic E-state index is 14.2. The molecule has 1 aliphatic heterocycles. The normalized spacial score (nSPS) is 15.5. The highest BCUT2D eigenvalue weighted by atomic mass is 19.2. The molecular weight excluding hydrogens is 558 g/mol. The zero-order valence-electron chi connectivity index (χ0n) is 24.6. The summed E-state index contributed by atoms with van der Waals surface area (Å²) in [7, 11) is 0. The third-order valence-electron chi connectivity index (χ3n) is 7.34. The van der Waals surface area contributed by atoms with Crippen LogP contribution in [0.5, 0.6) is 0 Å². The van der Waals surface area contributed by atoms with Gasteiger partial charge in [-0.2, -0.15) is 0 Å². The van der Waals surface area contributed by atoms with Crippen molar-refractivity contribution in [1.82, 2.24) is 19.8 Å². The number of amides is 3. The molecule has 0 saturated carbocycles. The zero-order valence-corrected chi connectivity index (χ0v) is 24.6. The zero-order chi connectivity index (χ0) is 31.1. The molecule has 230 valence electrons. The monoisotopic (exact) mass is 596 g/mol. The Bertz CT molecular complexity index is 1420. The fourth-order valence-corrected chi connectivity index (χ4v) is 4.68. The van der Waals surface area contributed by atoms with Crippen molar-refractivity contribution in [2.24, 2.45) is 11.7 Å². The molecule has 0 bridgehead atoms. The Balaban J connectivity index is 1.53. The van der Waals surface area contributed by atoms with Crippen LogP contribution in [0, 0.1) is 17.6 Å². The standard InChI is InChI=1S/C31H38F2N6O4/c1-20-11-13-38(14-12-20)29(41)27(22-9-10-23(32)24(33)15-22)39-16-26(35-19-39)37-28(40)25(36-30(42)31(2,3)34)18-43-17-21-7-5-4-6-8-21/h4-10,15-16,19-20,25,27H,11-14,17-18,34H2,1-3H3,(H,36,42)(H,37,40)/t25-,27?/m1/s1. The first-order valence-corrected chi connectivity index (χ1v) is 14.2. The van der Waals surface area contributed by atoms with E-state index in [1.54, 1.807) is 4.90 Å². The number of ether oxygens (including phenoxy) is 1. The number of piperidine rings is 1. The second kappa shape index (κ2) is 13.9. The Morgan fingerprint density at radius 1 is 1.09 bits per heavy atom. The Morgan fingerprint density at radius 3 is 2.44 bits per heavy atom. The average molecular weight is 597 g/mol. The molecule has 1 saturated heterocycles. The van der Waals surface area contributed by atoms with Crippen LogP contribution >= 0.6 is 0 Å². The predicted molar refractivity (Wildman–Crippen MR) is 157 cm³/mol. The highest BCUT2D eigenvalue weighted by molar-refractivity contribution is 5.98. The topological polar surface area (TPSA) is 132 Å². The van der Waals surface area contributed by atoms with Crippen molar-refractivity contribution in [3.05, 3.63) is 83.8 Å². The van der Waals surface area contributed by atoms with E-state index in [-0.39, 0.29) is 30.5 Å². The van der Waals surface area contributed by atoms with Gasteiger partial charge in [0.15, 0.2) is 17.5 Å². The van der Waals surface area contributed by atoms with Crippen molar-refractivity contribution in [2.75, 3.05) is 25.0 Å². The number of rotatable bonds is 11. The molecule has 2 aromatic carbocycles. The molecule has 2 atom stereocenters. The highest BCUT2D eigenvalue weighted by Crippen LogP contribution is 2.27. The molecule has 3 aromatic rings. The van der Waals surface area contributed by atoms with Crippen molar-refractivity contribution in [3.8, 4) is 0 Å². The van der Waals surface area contributed by atoms with Gasteiger partial charge in [0.05, 0.1) is 25.1 Å². The molecular formula is C31H38F2N6O4. The first-order chi connectivity index (χ1) is 20.4. The summed E-state index contributed by atoms with van der Waals surface area (Å²) < 4.78 is 35.2. The average Bonchev–Trinajstić information content (AvgIpc) is 3.42. The van der Waals surface area contributed by atoms with E-state index in [2.05, 4.69) is 22.5 Å². The van der Waals surface area contributed by atoms with Crippen LogP contribution in [0.3, 0.4) is 0 Å². The lowest BCUT2D eigenvalue weighted by atomic mass is 9.97. The van der Waals surface area contributed by atoms with E-state index in [4.69, 9.17) is 10.5 Å². The maximum absolute atomic E-state index is 14.2. The van der Waals surface area contributed by atoms with E-state index in [9.17, 15) is 23.2 Å². The second-order valence-corrected chi connectivity index (χ2v) is 11.5. The van der Waals surface area contributed by atoms with E-state index in [0.29, 0.717) is 19.0 Å². The molecule has 1 fully saturated rings. The van der Waals surface area contributed by atoms with E-state index in [1.165, 1.54) is 37.0 Å². The number of hydrogen-bond donors (Lipinski definition) is 3. The number of hydrogen-bond acceptors (Lipinski definition) is 6. The fraction of sp³-hybridized carbons (Fsp3) is 0.419. The SMILES string of the molecule is CC1CCN(C(=O)C(c2ccc(F)c(F)c2)n2cnc(NC(=O)[C@@H](COCc3ccccc3)NC(=O)C(C)(C)N)c2)CC1. The Morgan fingerprint density at radius 2 is 1.79 bits per heavy atom. The number of carbonyl (C=O) groups is 3. The Hall–Kier alpha value is -4.16. The van der Waals surface area contributed by atoms with Crippen LogP contribution in [0.25, 0.3) is 0 Å². The summed E-state index contributed by atoms with van der Waals surface area (Å²) in [5, 5.41) is 5.28. The number of benzene rings is 2. The maximum Gasteiger partial charge on any atom is 0.250 e. The van der Waals surface area contributed by atoms with E-state index >= 15 is 0 Å². The number of anilines is 1. The number of likely N-dealkylation sites (tertiary alicyclic amines) is 1. The molecule has 12 heteroatoms. The van der Waals surface area contributed by atoms with Crippen LogP contribution in [-0.2, 0) is 25.7 Å². The largest absolute Gasteiger partial charge is 0.374 e. The minimum absolute atomic E-state index is 0.0898. The van der Waals surface area contributed by atoms with E-state index in [1.807, 2.05) is 30.3 Å². The minimum atomic E-state index is -1.25. The summed E-state index contributed by atoms with van der Waals surface area (Å²) in [6.07, 6.45) is 4.44. The number of carbonyl (C=O) groups excluding carboxylic acids is 3. The van der Waals surface area contributed by atoms with Gasteiger partial charge >= 0.3 is 0 Å². The summed E-state index contributed by atoms with van der Waals surface area (Å²) in [6, 6.07) is 10.5. The van der Waals surface area contributed by atoms with Crippen LogP contribution in [0.2, 0.25) is 0 Å². The number of imidazole rings is 1. The van der Waals surface area contributed by atoms with Crippen LogP contribution < -0.4 is 16.4 Å². The summed E-state index contributed by atoms with van der Waals surface area (Å²) >= 11 is 0. The molecule has 1 aliphatic rings. The lowest BCUT2D eigenvalue weighted by Crippen LogP contribution is -2.56. The highest BCUT2D eigenvalue weighted by Gasteiger charge is 2.32. The molecule has 43 heavy (non-hydrogen) atoms. The van der Waals surface area contributed by atoms with Gasteiger partial charge in [-0.15, -0.1) is 0 Å². The van der Waals surface area contributed by atoms with E-state index < -0.39 is 41.1 Å². The second-order valence-electron chi connectivity index (χ2n) is 11.5. The van der Waals surface area contributed by atoms with Gasteiger partial charge in [0.1, 0.15) is 12.1 Å². The minimum Gasteiger partial charge on any atom is -0.374 e. The Kier molecular flexibility index (Phi) is 10.3. The van der Waals surface area contributed by atoms with Gasteiger partial charge in [0.25, 0.3) is 5.91 Å². The van der Waals surface area contributed by atoms with Crippen molar-refractivity contribution in [2.45, 2.75) is 57.8 Å². The third-order valence-corrected chi connectivity index (χ3v) is 7.34. The van der Waals surface area contributed by atoms with Gasteiger partial charge in [0, 0.05) is 19.3 Å². The molecule has 2 heterocycles. The summed E-state index contributed by atoms with van der Waals surface area (Å²) in [6.45, 7) is 6.31. The first kappa shape index (κ1) is 31.8. The van der Waals surface area contributed by atoms with Gasteiger partial charge in [-0.1, -0.05) is 43.3 Å². The number of halogens is 2. The van der Waals surface area contributed by atoms with Crippen LogP contribution in [0.15, 0.2) is 61.1 Å². The molecule has 4 N–H and O–H groups in total. The molecule has 3 amide bonds. The van der Waals surface area contributed by atoms with Crippen LogP contribution in [-0.4, -0.2) is 63.4 Å².